The van der Waals surface area contributed by atoms with Gasteiger partial charge >= 0.3 is 0 Å². The van der Waals surface area contributed by atoms with Gasteiger partial charge in [-0.05, 0) is 0 Å². The van der Waals surface area contributed by atoms with Gasteiger partial charge in [-0.1, -0.05) is 0 Å². The Morgan fingerprint density at radius 2 is 0.750 bits per heavy atom. The first-order valence-electron chi connectivity index (χ1n) is 0. The minimum absolute atomic E-state index is 0. The molecule has 2 radical (unpaired) electrons. The van der Waals surface area contributed by atoms with E-state index in [9.17, 15) is 0 Å². The van der Waals surface area contributed by atoms with Gasteiger partial charge in [0, 0.05) is 72.4 Å². The maximum absolute atomic E-state index is 0. The van der Waals surface area contributed by atoms with Gasteiger partial charge in [0.05, 0.1) is 0 Å². The van der Waals surface area contributed by atoms with E-state index in [0.717, 1.165) is 0 Å². The molecule has 0 nitrogen and oxygen atoms in total. The summed E-state index contributed by atoms with van der Waals surface area (Å²) in [4.78, 5) is 0. The van der Waals surface area contributed by atoms with Gasteiger partial charge in [-0.15, -0.1) is 0 Å². The molecule has 0 aromatic rings. The zero-order valence-corrected chi connectivity index (χ0v) is 6.32. The van der Waals surface area contributed by atoms with Crippen molar-refractivity contribution in [3.63, 3.8) is 0 Å². The smallest absolute Gasteiger partial charge is 0 e. The van der Waals surface area contributed by atoms with E-state index in [-0.39, 0.29) is 72.4 Å². The molecular formula is AuCuNi2. The molecule has 0 aliphatic rings. The maximum Gasteiger partial charge on any atom is 0 e. The van der Waals surface area contributed by atoms with Crippen LogP contribution in [0.15, 0.2) is 0 Å². The average Bonchev–Trinajstić information content (AvgIpc) is 0. The first-order valence-corrected chi connectivity index (χ1v) is 0. The number of hydrogen-bond acceptors (Lipinski definition) is 0. The van der Waals surface area contributed by atoms with Gasteiger partial charge in [0.2, 0.25) is 0 Å². The van der Waals surface area contributed by atoms with Gasteiger partial charge in [-0.2, -0.15) is 0 Å². The summed E-state index contributed by atoms with van der Waals surface area (Å²) >= 11 is 0. The van der Waals surface area contributed by atoms with Crippen LogP contribution in [0.2, 0.25) is 0 Å². The van der Waals surface area contributed by atoms with E-state index in [4.69, 9.17) is 0 Å². The summed E-state index contributed by atoms with van der Waals surface area (Å²) in [5.41, 5.74) is 0. The van der Waals surface area contributed by atoms with Crippen LogP contribution in [-0.4, -0.2) is 0 Å². The molecule has 0 saturated heterocycles. The third-order valence-electron chi connectivity index (χ3n) is 0. The van der Waals surface area contributed by atoms with Gasteiger partial charge in [-0.3, -0.25) is 0 Å². The molecule has 42 valence electrons. The van der Waals surface area contributed by atoms with Gasteiger partial charge in [0.25, 0.3) is 0 Å². The summed E-state index contributed by atoms with van der Waals surface area (Å²) in [5, 5.41) is 0. The Labute approximate surface area is 71.7 Å². The van der Waals surface area contributed by atoms with Gasteiger partial charge in [-0.25, -0.2) is 0 Å². The molecule has 4 heavy (non-hydrogen) atoms. The first kappa shape index (κ1) is 34.1. The molecule has 0 bridgehead atoms. The zero-order valence-electron chi connectivity index (χ0n) is 1.24. The molecule has 0 saturated carbocycles. The van der Waals surface area contributed by atoms with Crippen LogP contribution >= 0.6 is 0 Å². The van der Waals surface area contributed by atoms with Crippen molar-refractivity contribution in [2.45, 2.75) is 0 Å². The Bertz CT molecular complexity index is 6.00. The van der Waals surface area contributed by atoms with Gasteiger partial charge in [0.15, 0.2) is 0 Å². The predicted octanol–water partition coefficient (Wildman–Crippen LogP) is -0.0100. The Morgan fingerprint density at radius 1 is 0.750 bits per heavy atom. The Kier molecular flexibility index (Phi) is 160. The van der Waals surface area contributed by atoms with Crippen LogP contribution in [-0.2, 0) is 72.4 Å². The molecule has 0 atom stereocenters. The fourth-order valence-corrected chi connectivity index (χ4v) is 0. The van der Waals surface area contributed by atoms with E-state index < -0.39 is 0 Å². The maximum atomic E-state index is 0. The van der Waals surface area contributed by atoms with Crippen molar-refractivity contribution in [3.8, 4) is 0 Å². The van der Waals surface area contributed by atoms with E-state index in [0.29, 0.717) is 0 Å². The van der Waals surface area contributed by atoms with Gasteiger partial charge < -0.3 is 0 Å². The first-order chi connectivity index (χ1) is 0. The molecule has 0 rings (SSSR count). The van der Waals surface area contributed by atoms with E-state index in [1.54, 1.807) is 0 Å². The van der Waals surface area contributed by atoms with E-state index in [2.05, 4.69) is 0 Å². The van der Waals surface area contributed by atoms with Crippen molar-refractivity contribution in [1.82, 2.24) is 0 Å². The van der Waals surface area contributed by atoms with Crippen molar-refractivity contribution in [1.29, 1.82) is 0 Å². The van der Waals surface area contributed by atoms with Gasteiger partial charge in [0.1, 0.15) is 0 Å². The summed E-state index contributed by atoms with van der Waals surface area (Å²) in [6, 6.07) is 0. The largest absolute Gasteiger partial charge is 0 e. The molecule has 0 heterocycles. The molecule has 0 amide bonds. The van der Waals surface area contributed by atoms with Crippen LogP contribution in [0.3, 0.4) is 0 Å². The third kappa shape index (κ3) is 8.87. The molecule has 0 N–H and O–H groups in total. The molecule has 0 aliphatic heterocycles. The minimum atomic E-state index is 0. The minimum Gasteiger partial charge on any atom is 0 e. The van der Waals surface area contributed by atoms with Crippen LogP contribution in [0.5, 0.6) is 0 Å². The van der Waals surface area contributed by atoms with Crippen LogP contribution in [0.1, 0.15) is 0 Å². The quantitative estimate of drug-likeness (QED) is 0.521. The van der Waals surface area contributed by atoms with Crippen LogP contribution < -0.4 is 0 Å². The normalized spacial score (nSPS) is 0. The molecule has 0 aliphatic carbocycles. The molecular weight excluding hydrogens is 378 g/mol. The monoisotopic (exact) mass is 376 g/mol. The van der Waals surface area contributed by atoms with Crippen molar-refractivity contribution in [2.75, 3.05) is 0 Å². The summed E-state index contributed by atoms with van der Waals surface area (Å²) in [5.74, 6) is 0. The predicted molar refractivity (Wildman–Crippen MR) is 0 cm³/mol. The Hall–Kier alpha value is 2.25. The van der Waals surface area contributed by atoms with Crippen molar-refractivity contribution >= 4 is 0 Å². The number of rotatable bonds is 0. The number of hydrogen-bond donors (Lipinski definition) is 0. The molecule has 0 unspecified atom stereocenters. The molecule has 0 aromatic carbocycles. The standard InChI is InChI=1S/Au.Cu.2Ni. The van der Waals surface area contributed by atoms with E-state index in [1.807, 2.05) is 0 Å². The van der Waals surface area contributed by atoms with Crippen molar-refractivity contribution in [2.24, 2.45) is 0 Å². The van der Waals surface area contributed by atoms with Crippen LogP contribution in [0.25, 0.3) is 0 Å². The van der Waals surface area contributed by atoms with E-state index in [1.165, 1.54) is 0 Å². The molecule has 0 fully saturated rings. The Morgan fingerprint density at radius 3 is 0.750 bits per heavy atom. The summed E-state index contributed by atoms with van der Waals surface area (Å²) in [6.45, 7) is 0. The summed E-state index contributed by atoms with van der Waals surface area (Å²) < 4.78 is 0. The zero-order chi connectivity index (χ0) is 0. The average molecular weight is 378 g/mol. The fourth-order valence-electron chi connectivity index (χ4n) is 0. The second kappa shape index (κ2) is 18.7. The molecule has 4 heteroatoms. The van der Waals surface area contributed by atoms with Crippen molar-refractivity contribution in [3.05, 3.63) is 0 Å². The second-order valence-corrected chi connectivity index (χ2v) is 0. The SMILES string of the molecule is [Au].[Cu].[Ni].[Ni]. The summed E-state index contributed by atoms with van der Waals surface area (Å²) in [7, 11) is 0. The fraction of sp³-hybridized carbons (Fsp3) is 0. The summed E-state index contributed by atoms with van der Waals surface area (Å²) in [6.07, 6.45) is 0. The Balaban J connectivity index is 0. The molecule has 0 spiro atoms. The molecule has 0 aromatic heterocycles. The van der Waals surface area contributed by atoms with E-state index >= 15 is 0 Å². The topological polar surface area (TPSA) is 0 Å². The van der Waals surface area contributed by atoms with Crippen LogP contribution in [0.4, 0.5) is 0 Å². The van der Waals surface area contributed by atoms with Crippen molar-refractivity contribution < 1.29 is 72.4 Å². The van der Waals surface area contributed by atoms with Crippen LogP contribution in [0, 0.1) is 0 Å². The third-order valence-corrected chi connectivity index (χ3v) is 0. The second-order valence-electron chi connectivity index (χ2n) is 0.